The molecule has 0 fully saturated rings. The van der Waals surface area contributed by atoms with Gasteiger partial charge in [-0.1, -0.05) is 6.07 Å². The molecule has 23 heavy (non-hydrogen) atoms. The van der Waals surface area contributed by atoms with E-state index in [0.717, 1.165) is 34.4 Å². The van der Waals surface area contributed by atoms with Crippen molar-refractivity contribution in [2.75, 3.05) is 7.05 Å². The van der Waals surface area contributed by atoms with E-state index in [0.29, 0.717) is 11.4 Å². The van der Waals surface area contributed by atoms with Crippen molar-refractivity contribution < 1.29 is 8.42 Å². The monoisotopic (exact) mass is 335 g/mol. The van der Waals surface area contributed by atoms with E-state index >= 15 is 0 Å². The topological polar surface area (TPSA) is 55.2 Å². The number of benzene rings is 1. The summed E-state index contributed by atoms with van der Waals surface area (Å²) < 4.78 is 29.3. The molecule has 1 heterocycles. The highest BCUT2D eigenvalue weighted by molar-refractivity contribution is 7.89. The Hall–Kier alpha value is -1.66. The first-order valence-electron chi connectivity index (χ1n) is 7.73. The summed E-state index contributed by atoms with van der Waals surface area (Å²) in [7, 11) is -1.92. The lowest BCUT2D eigenvalue weighted by atomic mass is 10.0. The number of aryl methyl sites for hydroxylation is 3. The zero-order chi connectivity index (χ0) is 17.4. The fourth-order valence-electron chi connectivity index (χ4n) is 2.73. The predicted octanol–water partition coefficient (Wildman–Crippen LogP) is 2.96. The molecule has 0 atom stereocenters. The summed E-state index contributed by atoms with van der Waals surface area (Å²) in [5, 5.41) is 4.20. The average Bonchev–Trinajstić information content (AvgIpc) is 2.93. The van der Waals surface area contributed by atoms with Crippen molar-refractivity contribution in [1.82, 2.24) is 14.1 Å². The quantitative estimate of drug-likeness (QED) is 0.844. The van der Waals surface area contributed by atoms with Crippen LogP contribution in [0, 0.1) is 27.7 Å². The molecule has 0 aliphatic carbocycles. The van der Waals surface area contributed by atoms with Crippen LogP contribution < -0.4 is 0 Å². The number of hydrogen-bond acceptors (Lipinski definition) is 3. The number of hydrogen-bond donors (Lipinski definition) is 0. The van der Waals surface area contributed by atoms with Gasteiger partial charge in [0.1, 0.15) is 0 Å². The van der Waals surface area contributed by atoms with Gasteiger partial charge in [0, 0.05) is 31.9 Å². The van der Waals surface area contributed by atoms with Gasteiger partial charge in [0.2, 0.25) is 10.0 Å². The van der Waals surface area contributed by atoms with Crippen LogP contribution in [0.5, 0.6) is 0 Å². The van der Waals surface area contributed by atoms with Crippen molar-refractivity contribution in [1.29, 1.82) is 0 Å². The third kappa shape index (κ3) is 3.33. The van der Waals surface area contributed by atoms with Crippen LogP contribution in [0.1, 0.15) is 34.7 Å². The Kier molecular flexibility index (Phi) is 4.96. The Morgan fingerprint density at radius 2 is 1.70 bits per heavy atom. The van der Waals surface area contributed by atoms with Crippen molar-refractivity contribution in [2.24, 2.45) is 0 Å². The molecular weight excluding hydrogens is 310 g/mol. The lowest BCUT2D eigenvalue weighted by molar-refractivity contribution is 0.465. The summed E-state index contributed by atoms with van der Waals surface area (Å²) in [5.41, 5.74) is 4.53. The first kappa shape index (κ1) is 17.7. The van der Waals surface area contributed by atoms with Gasteiger partial charge in [-0.25, -0.2) is 8.42 Å². The molecule has 126 valence electrons. The van der Waals surface area contributed by atoms with Crippen LogP contribution >= 0.6 is 0 Å². The second kappa shape index (κ2) is 6.45. The van der Waals surface area contributed by atoms with Crippen LogP contribution in [0.4, 0.5) is 0 Å². The Labute approximate surface area is 139 Å². The molecule has 2 rings (SSSR count). The maximum Gasteiger partial charge on any atom is 0.243 e. The van der Waals surface area contributed by atoms with Crippen LogP contribution in [0.2, 0.25) is 0 Å². The molecule has 0 spiro atoms. The van der Waals surface area contributed by atoms with Crippen LogP contribution in [0.3, 0.4) is 0 Å². The standard InChI is InChI=1S/C17H25N3O2S/c1-7-20-11-16(9-18-20)10-19(6)23(21,22)17-14(4)12(2)8-13(3)15(17)5/h8-9,11H,7,10H2,1-6H3. The smallest absolute Gasteiger partial charge is 0.243 e. The molecule has 0 saturated heterocycles. The zero-order valence-electron chi connectivity index (χ0n) is 14.7. The second-order valence-corrected chi connectivity index (χ2v) is 8.04. The molecule has 0 aliphatic rings. The number of aromatic nitrogens is 2. The van der Waals surface area contributed by atoms with Gasteiger partial charge in [0.05, 0.1) is 11.1 Å². The summed E-state index contributed by atoms with van der Waals surface area (Å²) in [6.45, 7) is 10.7. The fourth-order valence-corrected chi connectivity index (χ4v) is 4.45. The molecule has 0 radical (unpaired) electrons. The first-order valence-corrected chi connectivity index (χ1v) is 9.17. The summed E-state index contributed by atoms with van der Waals surface area (Å²) in [6, 6.07) is 2.04. The van der Waals surface area contributed by atoms with Gasteiger partial charge in [0.15, 0.2) is 0 Å². The van der Waals surface area contributed by atoms with Gasteiger partial charge >= 0.3 is 0 Å². The average molecular weight is 335 g/mol. The molecule has 1 aromatic heterocycles. The molecule has 0 aliphatic heterocycles. The van der Waals surface area contributed by atoms with Crippen molar-refractivity contribution in [2.45, 2.75) is 52.6 Å². The molecule has 5 nitrogen and oxygen atoms in total. The van der Waals surface area contributed by atoms with Crippen LogP contribution in [-0.2, 0) is 23.1 Å². The lowest BCUT2D eigenvalue weighted by Gasteiger charge is -2.21. The molecule has 0 bridgehead atoms. The lowest BCUT2D eigenvalue weighted by Crippen LogP contribution is -2.28. The highest BCUT2D eigenvalue weighted by atomic mass is 32.2. The molecule has 0 N–H and O–H groups in total. The maximum atomic E-state index is 13.1. The minimum absolute atomic E-state index is 0.314. The van der Waals surface area contributed by atoms with E-state index in [1.807, 2.05) is 46.9 Å². The van der Waals surface area contributed by atoms with Gasteiger partial charge in [-0.05, 0) is 56.9 Å². The predicted molar refractivity (Wildman–Crippen MR) is 91.9 cm³/mol. The number of rotatable bonds is 5. The zero-order valence-corrected chi connectivity index (χ0v) is 15.5. The maximum absolute atomic E-state index is 13.1. The van der Waals surface area contributed by atoms with Crippen LogP contribution in [-0.4, -0.2) is 29.6 Å². The molecule has 0 saturated carbocycles. The minimum Gasteiger partial charge on any atom is -0.273 e. The van der Waals surface area contributed by atoms with Crippen molar-refractivity contribution >= 4 is 10.0 Å². The Morgan fingerprint density at radius 1 is 1.13 bits per heavy atom. The van der Waals surface area contributed by atoms with Crippen molar-refractivity contribution in [3.63, 3.8) is 0 Å². The van der Waals surface area contributed by atoms with E-state index in [-0.39, 0.29) is 0 Å². The molecule has 1 aromatic carbocycles. The van der Waals surface area contributed by atoms with Crippen LogP contribution in [0.25, 0.3) is 0 Å². The van der Waals surface area contributed by atoms with Gasteiger partial charge < -0.3 is 0 Å². The molecule has 2 aromatic rings. The highest BCUT2D eigenvalue weighted by Gasteiger charge is 2.26. The minimum atomic E-state index is -3.54. The fraction of sp³-hybridized carbons (Fsp3) is 0.471. The normalized spacial score (nSPS) is 12.1. The third-order valence-corrected chi connectivity index (χ3v) is 6.46. The number of sulfonamides is 1. The summed E-state index contributed by atoms with van der Waals surface area (Å²) in [5.74, 6) is 0. The van der Waals surface area contributed by atoms with E-state index in [4.69, 9.17) is 0 Å². The Balaban J connectivity index is 2.42. The molecular formula is C17H25N3O2S. The Morgan fingerprint density at radius 3 is 2.17 bits per heavy atom. The van der Waals surface area contributed by atoms with E-state index in [2.05, 4.69) is 5.10 Å². The van der Waals surface area contributed by atoms with E-state index < -0.39 is 10.0 Å². The SMILES string of the molecule is CCn1cc(CN(C)S(=O)(=O)c2c(C)c(C)cc(C)c2C)cn1. The molecule has 0 unspecified atom stereocenters. The van der Waals surface area contributed by atoms with E-state index in [9.17, 15) is 8.42 Å². The van der Waals surface area contributed by atoms with Gasteiger partial charge in [0.25, 0.3) is 0 Å². The first-order chi connectivity index (χ1) is 10.7. The molecule has 6 heteroatoms. The molecule has 0 amide bonds. The second-order valence-electron chi connectivity index (χ2n) is 6.05. The number of nitrogens with zero attached hydrogens (tertiary/aromatic N) is 3. The van der Waals surface area contributed by atoms with Crippen molar-refractivity contribution in [3.8, 4) is 0 Å². The van der Waals surface area contributed by atoms with Gasteiger partial charge in [-0.15, -0.1) is 0 Å². The summed E-state index contributed by atoms with van der Waals surface area (Å²) >= 11 is 0. The van der Waals surface area contributed by atoms with E-state index in [1.54, 1.807) is 17.9 Å². The Bertz CT molecular complexity index is 796. The van der Waals surface area contributed by atoms with Gasteiger partial charge in [-0.2, -0.15) is 9.40 Å². The van der Waals surface area contributed by atoms with Crippen LogP contribution in [0.15, 0.2) is 23.4 Å². The van der Waals surface area contributed by atoms with Crippen molar-refractivity contribution in [3.05, 3.63) is 46.3 Å². The summed E-state index contributed by atoms with van der Waals surface area (Å²) in [6.07, 6.45) is 3.60. The highest BCUT2D eigenvalue weighted by Crippen LogP contribution is 2.28. The largest absolute Gasteiger partial charge is 0.273 e. The third-order valence-electron chi connectivity index (χ3n) is 4.38. The van der Waals surface area contributed by atoms with Gasteiger partial charge in [-0.3, -0.25) is 4.68 Å². The summed E-state index contributed by atoms with van der Waals surface area (Å²) in [4.78, 5) is 0.431. The van der Waals surface area contributed by atoms with E-state index in [1.165, 1.54) is 4.31 Å².